The molecule has 0 aliphatic carbocycles. The molecule has 1 aromatic carbocycles. The van der Waals surface area contributed by atoms with Gasteiger partial charge in [0.15, 0.2) is 0 Å². The fourth-order valence-corrected chi connectivity index (χ4v) is 3.93. The molecule has 1 aliphatic heterocycles. The SMILES string of the molecule is C[C@@H](C(=O)Nc1ccc(N(C)C)cc1)N1CCN(Cc2cccs2)CC1. The highest BCUT2D eigenvalue weighted by molar-refractivity contribution is 7.09. The Morgan fingerprint density at radius 2 is 1.85 bits per heavy atom. The van der Waals surface area contributed by atoms with Gasteiger partial charge >= 0.3 is 0 Å². The number of rotatable bonds is 6. The number of nitrogens with zero attached hydrogens (tertiary/aromatic N) is 3. The number of amides is 1. The standard InChI is InChI=1S/C20H28N4OS/c1-16(20(25)21-17-6-8-18(9-7-17)22(2)3)24-12-10-23(11-13-24)15-19-5-4-14-26-19/h4-9,14,16H,10-13,15H2,1-3H3,(H,21,25)/t16-/m0/s1. The Kier molecular flexibility index (Phi) is 6.29. The van der Waals surface area contributed by atoms with Gasteiger partial charge in [0.05, 0.1) is 6.04 Å². The largest absolute Gasteiger partial charge is 0.378 e. The highest BCUT2D eigenvalue weighted by Crippen LogP contribution is 2.17. The zero-order valence-corrected chi connectivity index (χ0v) is 16.6. The number of piperazine rings is 1. The number of hydrogen-bond acceptors (Lipinski definition) is 5. The van der Waals surface area contributed by atoms with Crippen LogP contribution >= 0.6 is 11.3 Å². The monoisotopic (exact) mass is 372 g/mol. The van der Waals surface area contributed by atoms with Gasteiger partial charge in [0, 0.05) is 63.1 Å². The van der Waals surface area contributed by atoms with Crippen LogP contribution in [0.5, 0.6) is 0 Å². The van der Waals surface area contributed by atoms with Gasteiger partial charge < -0.3 is 10.2 Å². The van der Waals surface area contributed by atoms with Gasteiger partial charge in [0.2, 0.25) is 5.91 Å². The molecule has 5 nitrogen and oxygen atoms in total. The summed E-state index contributed by atoms with van der Waals surface area (Å²) in [5.74, 6) is 0.0642. The quantitative estimate of drug-likeness (QED) is 0.846. The Balaban J connectivity index is 1.48. The molecular weight excluding hydrogens is 344 g/mol. The topological polar surface area (TPSA) is 38.8 Å². The van der Waals surface area contributed by atoms with Crippen LogP contribution in [0.3, 0.4) is 0 Å². The smallest absolute Gasteiger partial charge is 0.241 e. The molecule has 0 bridgehead atoms. The summed E-state index contributed by atoms with van der Waals surface area (Å²) in [6.45, 7) is 6.89. The van der Waals surface area contributed by atoms with Crippen LogP contribution < -0.4 is 10.2 Å². The average Bonchev–Trinajstić information content (AvgIpc) is 3.15. The zero-order chi connectivity index (χ0) is 18.5. The van der Waals surface area contributed by atoms with Crippen molar-refractivity contribution in [3.63, 3.8) is 0 Å². The van der Waals surface area contributed by atoms with Gasteiger partial charge in [0.1, 0.15) is 0 Å². The van der Waals surface area contributed by atoms with Gasteiger partial charge in [-0.2, -0.15) is 0 Å². The number of hydrogen-bond donors (Lipinski definition) is 1. The zero-order valence-electron chi connectivity index (χ0n) is 15.8. The molecule has 1 aliphatic rings. The van der Waals surface area contributed by atoms with Crippen molar-refractivity contribution in [2.45, 2.75) is 19.5 Å². The fourth-order valence-electron chi connectivity index (χ4n) is 3.19. The van der Waals surface area contributed by atoms with E-state index in [1.807, 2.05) is 61.5 Å². The molecule has 26 heavy (non-hydrogen) atoms. The predicted molar refractivity (Wildman–Crippen MR) is 110 cm³/mol. The molecule has 1 fully saturated rings. The molecule has 1 atom stereocenters. The van der Waals surface area contributed by atoms with Crippen LogP contribution in [-0.2, 0) is 11.3 Å². The third kappa shape index (κ3) is 4.84. The number of nitrogens with one attached hydrogen (secondary N) is 1. The van der Waals surface area contributed by atoms with Gasteiger partial charge in [0.25, 0.3) is 0 Å². The average molecular weight is 373 g/mol. The first-order chi connectivity index (χ1) is 12.5. The molecule has 0 unspecified atom stereocenters. The predicted octanol–water partition coefficient (Wildman–Crippen LogP) is 2.96. The maximum atomic E-state index is 12.6. The van der Waals surface area contributed by atoms with E-state index in [9.17, 15) is 4.79 Å². The van der Waals surface area contributed by atoms with Crippen molar-refractivity contribution in [3.8, 4) is 0 Å². The van der Waals surface area contributed by atoms with E-state index in [1.54, 1.807) is 0 Å². The summed E-state index contributed by atoms with van der Waals surface area (Å²) in [4.78, 5) is 20.8. The third-order valence-electron chi connectivity index (χ3n) is 4.94. The molecule has 0 spiro atoms. The van der Waals surface area contributed by atoms with Crippen molar-refractivity contribution >= 4 is 28.6 Å². The van der Waals surface area contributed by atoms with E-state index in [-0.39, 0.29) is 11.9 Å². The molecule has 140 valence electrons. The lowest BCUT2D eigenvalue weighted by atomic mass is 10.2. The molecule has 1 aromatic heterocycles. The van der Waals surface area contributed by atoms with Crippen molar-refractivity contribution in [1.82, 2.24) is 9.80 Å². The highest BCUT2D eigenvalue weighted by Gasteiger charge is 2.25. The Hall–Kier alpha value is -1.89. The maximum absolute atomic E-state index is 12.6. The molecule has 3 rings (SSSR count). The summed E-state index contributed by atoms with van der Waals surface area (Å²) in [6.07, 6.45) is 0. The molecule has 2 heterocycles. The van der Waals surface area contributed by atoms with E-state index in [2.05, 4.69) is 32.6 Å². The first-order valence-corrected chi connectivity index (χ1v) is 9.98. The van der Waals surface area contributed by atoms with Crippen LogP contribution in [-0.4, -0.2) is 62.0 Å². The molecule has 2 aromatic rings. The van der Waals surface area contributed by atoms with E-state index in [4.69, 9.17) is 0 Å². The van der Waals surface area contributed by atoms with E-state index < -0.39 is 0 Å². The third-order valence-corrected chi connectivity index (χ3v) is 5.81. The minimum Gasteiger partial charge on any atom is -0.378 e. The second kappa shape index (κ2) is 8.66. The Morgan fingerprint density at radius 1 is 1.15 bits per heavy atom. The lowest BCUT2D eigenvalue weighted by Crippen LogP contribution is -2.52. The summed E-state index contributed by atoms with van der Waals surface area (Å²) >= 11 is 1.81. The Labute approximate surface area is 160 Å². The van der Waals surface area contributed by atoms with E-state index in [0.29, 0.717) is 0 Å². The highest BCUT2D eigenvalue weighted by atomic mass is 32.1. The maximum Gasteiger partial charge on any atom is 0.241 e. The molecule has 1 saturated heterocycles. The minimum absolute atomic E-state index is 0.0642. The van der Waals surface area contributed by atoms with E-state index >= 15 is 0 Å². The van der Waals surface area contributed by atoms with Gasteiger partial charge in [-0.15, -0.1) is 11.3 Å². The normalized spacial score (nSPS) is 17.0. The van der Waals surface area contributed by atoms with Gasteiger partial charge in [-0.05, 0) is 42.6 Å². The van der Waals surface area contributed by atoms with Crippen LogP contribution in [0.4, 0.5) is 11.4 Å². The number of carbonyl (C=O) groups is 1. The van der Waals surface area contributed by atoms with Crippen LogP contribution in [0.15, 0.2) is 41.8 Å². The van der Waals surface area contributed by atoms with E-state index in [1.165, 1.54) is 4.88 Å². The molecule has 1 N–H and O–H groups in total. The molecular formula is C20H28N4OS. The lowest BCUT2D eigenvalue weighted by Gasteiger charge is -2.37. The summed E-state index contributed by atoms with van der Waals surface area (Å²) in [5, 5.41) is 5.17. The van der Waals surface area contributed by atoms with Crippen LogP contribution in [0.2, 0.25) is 0 Å². The van der Waals surface area contributed by atoms with Gasteiger partial charge in [-0.1, -0.05) is 6.07 Å². The summed E-state index contributed by atoms with van der Waals surface area (Å²) in [6, 6.07) is 12.1. The lowest BCUT2D eigenvalue weighted by molar-refractivity contribution is -0.121. The van der Waals surface area contributed by atoms with Crippen LogP contribution in [0.1, 0.15) is 11.8 Å². The molecule has 1 amide bonds. The van der Waals surface area contributed by atoms with Gasteiger partial charge in [-0.25, -0.2) is 0 Å². The molecule has 0 saturated carbocycles. The summed E-state index contributed by atoms with van der Waals surface area (Å²) < 4.78 is 0. The Morgan fingerprint density at radius 3 is 2.42 bits per heavy atom. The van der Waals surface area contributed by atoms with Crippen molar-refractivity contribution in [2.24, 2.45) is 0 Å². The molecule has 0 radical (unpaired) electrons. The van der Waals surface area contributed by atoms with Crippen molar-refractivity contribution in [1.29, 1.82) is 0 Å². The van der Waals surface area contributed by atoms with Crippen molar-refractivity contribution < 1.29 is 4.79 Å². The fraction of sp³-hybridized carbons (Fsp3) is 0.450. The number of benzene rings is 1. The van der Waals surface area contributed by atoms with Crippen molar-refractivity contribution in [3.05, 3.63) is 46.7 Å². The van der Waals surface area contributed by atoms with Gasteiger partial charge in [-0.3, -0.25) is 14.6 Å². The first-order valence-electron chi connectivity index (χ1n) is 9.10. The number of anilines is 2. The summed E-state index contributed by atoms with van der Waals surface area (Å²) in [5.41, 5.74) is 1.97. The van der Waals surface area contributed by atoms with Crippen molar-refractivity contribution in [2.75, 3.05) is 50.5 Å². The van der Waals surface area contributed by atoms with E-state index in [0.717, 1.165) is 44.1 Å². The number of thiophene rings is 1. The minimum atomic E-state index is -0.118. The van der Waals surface area contributed by atoms with Crippen LogP contribution in [0, 0.1) is 0 Å². The second-order valence-corrected chi connectivity index (χ2v) is 8.03. The van der Waals surface area contributed by atoms with Crippen LogP contribution in [0.25, 0.3) is 0 Å². The first kappa shape index (κ1) is 18.9. The molecule has 6 heteroatoms. The second-order valence-electron chi connectivity index (χ2n) is 7.00. The Bertz CT molecular complexity index is 691. The number of carbonyl (C=O) groups excluding carboxylic acids is 1. The summed E-state index contributed by atoms with van der Waals surface area (Å²) in [7, 11) is 4.02.